The highest BCUT2D eigenvalue weighted by Gasteiger charge is 2.33. The highest BCUT2D eigenvalue weighted by atomic mass is 32.2. The molecular formula is C26H25N5O5S. The normalized spacial score (nSPS) is 11.5. The van der Waals surface area contributed by atoms with E-state index in [0.717, 1.165) is 4.31 Å². The second-order valence-electron chi connectivity index (χ2n) is 8.09. The first kappa shape index (κ1) is 25.5. The van der Waals surface area contributed by atoms with Gasteiger partial charge in [0, 0.05) is 12.6 Å². The predicted molar refractivity (Wildman–Crippen MR) is 141 cm³/mol. The maximum Gasteiger partial charge on any atom is 0.296 e. The third-order valence-electron chi connectivity index (χ3n) is 5.72. The van der Waals surface area contributed by atoms with E-state index in [1.807, 2.05) is 0 Å². The summed E-state index contributed by atoms with van der Waals surface area (Å²) in [7, 11) is -2.67. The van der Waals surface area contributed by atoms with Crippen LogP contribution in [0.25, 0.3) is 5.69 Å². The molecule has 0 fully saturated rings. The molecule has 1 aromatic heterocycles. The fraction of sp³-hybridized carbons (Fsp3) is 0.115. The molecule has 0 spiro atoms. The van der Waals surface area contributed by atoms with E-state index in [1.165, 1.54) is 33.8 Å². The highest BCUT2D eigenvalue weighted by Crippen LogP contribution is 2.25. The van der Waals surface area contributed by atoms with Crippen molar-refractivity contribution in [2.45, 2.75) is 11.8 Å². The third kappa shape index (κ3) is 5.16. The van der Waals surface area contributed by atoms with Gasteiger partial charge in [0.2, 0.25) is 0 Å². The molecule has 0 saturated carbocycles. The number of nitrogens with one attached hydrogen (secondary N) is 1. The lowest BCUT2D eigenvalue weighted by Gasteiger charge is -2.22. The van der Waals surface area contributed by atoms with Gasteiger partial charge >= 0.3 is 0 Å². The number of aromatic hydroxyl groups is 1. The van der Waals surface area contributed by atoms with E-state index in [-0.39, 0.29) is 16.3 Å². The summed E-state index contributed by atoms with van der Waals surface area (Å²) in [6.07, 6.45) is 1.24. The summed E-state index contributed by atoms with van der Waals surface area (Å²) >= 11 is 0. The maximum absolute atomic E-state index is 13.7. The van der Waals surface area contributed by atoms with Crippen LogP contribution in [0.1, 0.15) is 11.3 Å². The van der Waals surface area contributed by atoms with Crippen LogP contribution in [0.4, 0.5) is 5.69 Å². The molecule has 37 heavy (non-hydrogen) atoms. The average Bonchev–Trinajstić information content (AvgIpc) is 3.12. The Kier molecular flexibility index (Phi) is 7.25. The van der Waals surface area contributed by atoms with Gasteiger partial charge in [-0.1, -0.05) is 48.5 Å². The van der Waals surface area contributed by atoms with Gasteiger partial charge in [0.1, 0.15) is 18.0 Å². The molecule has 4 aromatic rings. The van der Waals surface area contributed by atoms with Gasteiger partial charge in [0.25, 0.3) is 21.5 Å². The molecule has 0 atom stereocenters. The number of para-hydroxylation sites is 2. The number of hydrogen-bond acceptors (Lipinski definition) is 6. The first-order valence-electron chi connectivity index (χ1n) is 11.2. The minimum Gasteiger partial charge on any atom is -0.507 e. The first-order valence-corrected chi connectivity index (χ1v) is 12.7. The second-order valence-corrected chi connectivity index (χ2v) is 9.95. The van der Waals surface area contributed by atoms with Crippen molar-refractivity contribution < 1.29 is 18.3 Å². The number of carbonyl (C=O) groups excluding carboxylic acids is 1. The Labute approximate surface area is 213 Å². The molecule has 190 valence electrons. The molecule has 4 rings (SSSR count). The van der Waals surface area contributed by atoms with Gasteiger partial charge in [-0.2, -0.15) is 5.10 Å². The van der Waals surface area contributed by atoms with E-state index in [9.17, 15) is 23.1 Å². The Morgan fingerprint density at radius 3 is 2.24 bits per heavy atom. The molecule has 0 unspecified atom stereocenters. The lowest BCUT2D eigenvalue weighted by atomic mass is 10.2. The van der Waals surface area contributed by atoms with E-state index in [4.69, 9.17) is 0 Å². The molecule has 1 heterocycles. The molecule has 10 nitrogen and oxygen atoms in total. The Morgan fingerprint density at radius 1 is 1.00 bits per heavy atom. The second kappa shape index (κ2) is 10.5. The zero-order valence-corrected chi connectivity index (χ0v) is 21.0. The maximum atomic E-state index is 13.7. The van der Waals surface area contributed by atoms with Crippen LogP contribution in [-0.4, -0.2) is 41.6 Å². The summed E-state index contributed by atoms with van der Waals surface area (Å²) in [5, 5.41) is 13.7. The van der Waals surface area contributed by atoms with Gasteiger partial charge in [0.05, 0.1) is 22.5 Å². The van der Waals surface area contributed by atoms with Crippen molar-refractivity contribution in [1.29, 1.82) is 0 Å². The van der Waals surface area contributed by atoms with Crippen molar-refractivity contribution in [2.75, 3.05) is 10.8 Å². The molecule has 0 saturated heterocycles. The number of carbonyl (C=O) groups is 1. The van der Waals surface area contributed by atoms with E-state index in [0.29, 0.717) is 16.9 Å². The molecule has 0 radical (unpaired) electrons. The number of anilines is 1. The Balaban J connectivity index is 1.75. The highest BCUT2D eigenvalue weighted by molar-refractivity contribution is 7.92. The number of benzene rings is 3. The summed E-state index contributed by atoms with van der Waals surface area (Å²) in [4.78, 5) is 26.4. The Morgan fingerprint density at radius 2 is 1.59 bits per heavy atom. The number of hydrogen-bond donors (Lipinski definition) is 2. The number of phenolic OH excluding ortho intramolecular Hbond substituents is 1. The van der Waals surface area contributed by atoms with Crippen molar-refractivity contribution in [3.63, 3.8) is 0 Å². The van der Waals surface area contributed by atoms with Crippen molar-refractivity contribution in [1.82, 2.24) is 14.8 Å². The number of nitrogens with zero attached hydrogens (tertiary/aromatic N) is 4. The van der Waals surface area contributed by atoms with Gasteiger partial charge in [-0.25, -0.2) is 22.8 Å². The van der Waals surface area contributed by atoms with Crippen LogP contribution >= 0.6 is 0 Å². The van der Waals surface area contributed by atoms with Crippen molar-refractivity contribution in [3.8, 4) is 11.4 Å². The van der Waals surface area contributed by atoms with Crippen LogP contribution in [0.15, 0.2) is 99.7 Å². The number of phenols is 1. The van der Waals surface area contributed by atoms with E-state index in [2.05, 4.69) is 10.5 Å². The molecule has 2 N–H and O–H groups in total. The van der Waals surface area contributed by atoms with Crippen molar-refractivity contribution in [2.24, 2.45) is 12.1 Å². The molecule has 1 amide bonds. The Bertz CT molecular complexity index is 1610. The van der Waals surface area contributed by atoms with E-state index in [1.54, 1.807) is 80.7 Å². The van der Waals surface area contributed by atoms with Crippen LogP contribution in [0, 0.1) is 6.92 Å². The minimum absolute atomic E-state index is 0.0323. The smallest absolute Gasteiger partial charge is 0.296 e. The molecule has 3 aromatic carbocycles. The molecule has 0 aliphatic carbocycles. The fourth-order valence-electron chi connectivity index (χ4n) is 3.78. The summed E-state index contributed by atoms with van der Waals surface area (Å²) < 4.78 is 31.0. The van der Waals surface area contributed by atoms with Crippen LogP contribution in [-0.2, 0) is 21.9 Å². The van der Waals surface area contributed by atoms with E-state index < -0.39 is 28.0 Å². The lowest BCUT2D eigenvalue weighted by molar-refractivity contribution is -0.119. The number of amides is 1. The average molecular weight is 520 g/mol. The van der Waals surface area contributed by atoms with Crippen LogP contribution in [0.5, 0.6) is 5.75 Å². The number of sulfonamides is 1. The third-order valence-corrected chi connectivity index (χ3v) is 7.48. The topological polar surface area (TPSA) is 126 Å². The van der Waals surface area contributed by atoms with Crippen LogP contribution in [0.3, 0.4) is 0 Å². The van der Waals surface area contributed by atoms with Crippen LogP contribution < -0.4 is 15.3 Å². The zero-order chi connectivity index (χ0) is 26.6. The van der Waals surface area contributed by atoms with Crippen LogP contribution in [0.2, 0.25) is 0 Å². The molecular weight excluding hydrogens is 494 g/mol. The molecule has 11 heteroatoms. The van der Waals surface area contributed by atoms with Crippen molar-refractivity contribution in [3.05, 3.63) is 107 Å². The van der Waals surface area contributed by atoms with Crippen molar-refractivity contribution >= 4 is 27.8 Å². The van der Waals surface area contributed by atoms with Gasteiger partial charge in [-0.05, 0) is 43.3 Å². The van der Waals surface area contributed by atoms with Gasteiger partial charge in [0.15, 0.2) is 0 Å². The minimum atomic E-state index is -4.31. The molecule has 0 bridgehead atoms. The number of hydrazone groups is 1. The molecule has 0 aliphatic heterocycles. The van der Waals surface area contributed by atoms with E-state index >= 15 is 0 Å². The zero-order valence-electron chi connectivity index (χ0n) is 20.1. The lowest BCUT2D eigenvalue weighted by Crippen LogP contribution is -2.42. The standard InChI is InChI=1S/C26H25N5O5S/c1-19-25(26(34)31(29(19)2)21-12-5-3-6-13-21)30(37(35,36)22-14-7-4-8-15-22)18-24(33)28-27-17-20-11-9-10-16-23(20)32/h3-17,32H,18H2,1-2H3,(H,28,33)/b27-17+. The summed E-state index contributed by atoms with van der Waals surface area (Å²) in [6.45, 7) is 0.905. The summed E-state index contributed by atoms with van der Waals surface area (Å²) in [6, 6.07) is 22.7. The first-order chi connectivity index (χ1) is 17.7. The fourth-order valence-corrected chi connectivity index (χ4v) is 5.27. The molecule has 0 aliphatic rings. The Hall–Kier alpha value is -4.64. The summed E-state index contributed by atoms with van der Waals surface area (Å²) in [5.41, 5.74) is 2.76. The number of rotatable bonds is 8. The largest absolute Gasteiger partial charge is 0.507 e. The van der Waals surface area contributed by atoms with Gasteiger partial charge < -0.3 is 5.11 Å². The monoisotopic (exact) mass is 519 g/mol. The predicted octanol–water partition coefficient (Wildman–Crippen LogP) is 2.54. The van der Waals surface area contributed by atoms with Gasteiger partial charge in [-0.3, -0.25) is 14.3 Å². The summed E-state index contributed by atoms with van der Waals surface area (Å²) in [5.74, 6) is -0.810. The number of aromatic nitrogens is 2. The quantitative estimate of drug-likeness (QED) is 0.273. The van der Waals surface area contributed by atoms with Gasteiger partial charge in [-0.15, -0.1) is 0 Å². The SMILES string of the molecule is Cc1c(N(CC(=O)N/N=C/c2ccccc2O)S(=O)(=O)c2ccccc2)c(=O)n(-c2ccccc2)n1C.